The third-order valence-electron chi connectivity index (χ3n) is 4.59. The zero-order valence-electron chi connectivity index (χ0n) is 12.8. The lowest BCUT2D eigenvalue weighted by atomic mass is 9.67. The molecule has 0 bridgehead atoms. The number of carbonyl (C=O) groups is 1. The SMILES string of the molecule is CCC1(CNC(=O)c2ccc(C)c(C#CCO)c2)CCC1. The van der Waals surface area contributed by atoms with Gasteiger partial charge in [-0.2, -0.15) is 0 Å². The Morgan fingerprint density at radius 1 is 1.43 bits per heavy atom. The van der Waals surface area contributed by atoms with Gasteiger partial charge in [0.15, 0.2) is 0 Å². The number of carbonyl (C=O) groups excluding carboxylic acids is 1. The topological polar surface area (TPSA) is 49.3 Å². The molecule has 0 saturated heterocycles. The van der Waals surface area contributed by atoms with Gasteiger partial charge in [0.25, 0.3) is 5.91 Å². The number of benzene rings is 1. The molecule has 0 radical (unpaired) electrons. The molecule has 1 aliphatic rings. The predicted octanol–water partition coefficient (Wildman–Crippen LogP) is 2.65. The molecular weight excluding hydrogens is 262 g/mol. The van der Waals surface area contributed by atoms with Gasteiger partial charge in [0.05, 0.1) is 0 Å². The molecule has 1 aromatic carbocycles. The summed E-state index contributed by atoms with van der Waals surface area (Å²) in [4.78, 5) is 12.3. The van der Waals surface area contributed by atoms with Gasteiger partial charge in [-0.05, 0) is 49.3 Å². The second kappa shape index (κ2) is 6.78. The molecule has 1 aliphatic carbocycles. The fourth-order valence-electron chi connectivity index (χ4n) is 2.73. The first-order chi connectivity index (χ1) is 10.1. The Bertz CT molecular complexity index is 571. The van der Waals surface area contributed by atoms with Gasteiger partial charge < -0.3 is 10.4 Å². The van der Waals surface area contributed by atoms with Crippen LogP contribution in [0, 0.1) is 24.2 Å². The van der Waals surface area contributed by atoms with Crippen molar-refractivity contribution in [1.29, 1.82) is 0 Å². The Morgan fingerprint density at radius 3 is 2.76 bits per heavy atom. The van der Waals surface area contributed by atoms with Crippen LogP contribution in [-0.2, 0) is 0 Å². The minimum Gasteiger partial charge on any atom is -0.384 e. The molecule has 0 atom stereocenters. The van der Waals surface area contributed by atoms with E-state index in [0.29, 0.717) is 11.0 Å². The lowest BCUT2D eigenvalue weighted by Crippen LogP contribution is -2.41. The van der Waals surface area contributed by atoms with Crippen LogP contribution in [0.1, 0.15) is 54.1 Å². The van der Waals surface area contributed by atoms with Crippen molar-refractivity contribution in [3.63, 3.8) is 0 Å². The molecule has 1 aromatic rings. The van der Waals surface area contributed by atoms with Crippen molar-refractivity contribution in [2.24, 2.45) is 5.41 Å². The van der Waals surface area contributed by atoms with Gasteiger partial charge in [-0.3, -0.25) is 4.79 Å². The molecule has 3 nitrogen and oxygen atoms in total. The van der Waals surface area contributed by atoms with Crippen LogP contribution < -0.4 is 5.32 Å². The van der Waals surface area contributed by atoms with Crippen molar-refractivity contribution in [2.45, 2.75) is 39.5 Å². The number of aliphatic hydroxyl groups is 1. The van der Waals surface area contributed by atoms with Crippen molar-refractivity contribution in [2.75, 3.05) is 13.2 Å². The van der Waals surface area contributed by atoms with Crippen LogP contribution in [0.2, 0.25) is 0 Å². The maximum atomic E-state index is 12.3. The summed E-state index contributed by atoms with van der Waals surface area (Å²) in [5.74, 6) is 5.47. The average molecular weight is 285 g/mol. The summed E-state index contributed by atoms with van der Waals surface area (Å²) in [7, 11) is 0. The molecule has 2 N–H and O–H groups in total. The molecule has 0 spiro atoms. The number of aliphatic hydroxyl groups excluding tert-OH is 1. The quantitative estimate of drug-likeness (QED) is 0.836. The van der Waals surface area contributed by atoms with Crippen LogP contribution in [-0.4, -0.2) is 24.2 Å². The van der Waals surface area contributed by atoms with E-state index in [2.05, 4.69) is 24.1 Å². The van der Waals surface area contributed by atoms with Crippen molar-refractivity contribution >= 4 is 5.91 Å². The summed E-state index contributed by atoms with van der Waals surface area (Å²) in [6, 6.07) is 5.52. The molecular formula is C18H23NO2. The first-order valence-electron chi connectivity index (χ1n) is 7.59. The molecule has 0 aromatic heterocycles. The standard InChI is InChI=1S/C18H23NO2/c1-3-18(9-5-10-18)13-19-17(21)16-8-7-14(2)15(12-16)6-4-11-20/h7-8,12,20H,3,5,9-11,13H2,1-2H3,(H,19,21). The summed E-state index contributed by atoms with van der Waals surface area (Å²) in [6.07, 6.45) is 4.82. The van der Waals surface area contributed by atoms with E-state index in [4.69, 9.17) is 5.11 Å². The summed E-state index contributed by atoms with van der Waals surface area (Å²) in [5, 5.41) is 11.8. The smallest absolute Gasteiger partial charge is 0.251 e. The van der Waals surface area contributed by atoms with E-state index in [9.17, 15) is 4.79 Å². The fraction of sp³-hybridized carbons (Fsp3) is 0.500. The highest BCUT2D eigenvalue weighted by Crippen LogP contribution is 2.43. The van der Waals surface area contributed by atoms with Crippen molar-refractivity contribution in [1.82, 2.24) is 5.32 Å². The van der Waals surface area contributed by atoms with Crippen LogP contribution in [0.5, 0.6) is 0 Å². The maximum absolute atomic E-state index is 12.3. The van der Waals surface area contributed by atoms with Gasteiger partial charge >= 0.3 is 0 Å². The third-order valence-corrected chi connectivity index (χ3v) is 4.59. The van der Waals surface area contributed by atoms with E-state index in [0.717, 1.165) is 24.1 Å². The van der Waals surface area contributed by atoms with E-state index in [1.807, 2.05) is 19.1 Å². The van der Waals surface area contributed by atoms with Crippen molar-refractivity contribution < 1.29 is 9.90 Å². The number of nitrogens with one attached hydrogen (secondary N) is 1. The van der Waals surface area contributed by atoms with Gasteiger partial charge in [-0.25, -0.2) is 0 Å². The molecule has 1 saturated carbocycles. The molecule has 0 aliphatic heterocycles. The summed E-state index contributed by atoms with van der Waals surface area (Å²) >= 11 is 0. The van der Waals surface area contributed by atoms with Crippen molar-refractivity contribution in [3.8, 4) is 11.8 Å². The lowest BCUT2D eigenvalue weighted by Gasteiger charge is -2.41. The molecule has 21 heavy (non-hydrogen) atoms. The van der Waals surface area contributed by atoms with Crippen molar-refractivity contribution in [3.05, 3.63) is 34.9 Å². The molecule has 1 fully saturated rings. The molecule has 0 heterocycles. The normalized spacial score (nSPS) is 15.6. The zero-order chi connectivity index (χ0) is 15.3. The average Bonchev–Trinajstić information content (AvgIpc) is 2.45. The Morgan fingerprint density at radius 2 is 2.19 bits per heavy atom. The van der Waals surface area contributed by atoms with E-state index >= 15 is 0 Å². The number of rotatable bonds is 4. The fourth-order valence-corrected chi connectivity index (χ4v) is 2.73. The summed E-state index contributed by atoms with van der Waals surface area (Å²) in [5.41, 5.74) is 2.76. The van der Waals surface area contributed by atoms with E-state index in [-0.39, 0.29) is 12.5 Å². The van der Waals surface area contributed by atoms with Crippen LogP contribution in [0.3, 0.4) is 0 Å². The third kappa shape index (κ3) is 3.65. The number of hydrogen-bond donors (Lipinski definition) is 2. The number of hydrogen-bond acceptors (Lipinski definition) is 2. The minimum absolute atomic E-state index is 0.0400. The highest BCUT2D eigenvalue weighted by Gasteiger charge is 2.35. The molecule has 1 amide bonds. The number of amides is 1. The number of aryl methyl sites for hydroxylation is 1. The summed E-state index contributed by atoms with van der Waals surface area (Å²) in [6.45, 7) is 4.73. The second-order valence-corrected chi connectivity index (χ2v) is 5.88. The first kappa shape index (κ1) is 15.6. The zero-order valence-corrected chi connectivity index (χ0v) is 12.8. The highest BCUT2D eigenvalue weighted by molar-refractivity contribution is 5.94. The molecule has 2 rings (SSSR count). The Hall–Kier alpha value is -1.79. The molecule has 112 valence electrons. The largest absolute Gasteiger partial charge is 0.384 e. The minimum atomic E-state index is -0.172. The first-order valence-corrected chi connectivity index (χ1v) is 7.59. The maximum Gasteiger partial charge on any atom is 0.251 e. The van der Waals surface area contributed by atoms with E-state index < -0.39 is 0 Å². The van der Waals surface area contributed by atoms with Gasteiger partial charge in [-0.15, -0.1) is 0 Å². The van der Waals surface area contributed by atoms with Gasteiger partial charge in [0, 0.05) is 17.7 Å². The molecule has 0 unspecified atom stereocenters. The van der Waals surface area contributed by atoms with Gasteiger partial charge in [0.1, 0.15) is 6.61 Å². The highest BCUT2D eigenvalue weighted by atomic mass is 16.2. The van der Waals surface area contributed by atoms with Gasteiger partial charge in [-0.1, -0.05) is 31.3 Å². The summed E-state index contributed by atoms with van der Waals surface area (Å²) < 4.78 is 0. The molecule has 3 heteroatoms. The Kier molecular flexibility index (Phi) is 5.03. The second-order valence-electron chi connectivity index (χ2n) is 5.88. The van der Waals surface area contributed by atoms with E-state index in [1.54, 1.807) is 6.07 Å². The lowest BCUT2D eigenvalue weighted by molar-refractivity contribution is 0.0850. The predicted molar refractivity (Wildman–Crippen MR) is 84.1 cm³/mol. The monoisotopic (exact) mass is 285 g/mol. The van der Waals surface area contributed by atoms with Crippen LogP contribution in [0.25, 0.3) is 0 Å². The van der Waals surface area contributed by atoms with Gasteiger partial charge in [0.2, 0.25) is 0 Å². The Balaban J connectivity index is 2.05. The van der Waals surface area contributed by atoms with Crippen LogP contribution in [0.4, 0.5) is 0 Å². The van der Waals surface area contributed by atoms with E-state index in [1.165, 1.54) is 19.3 Å². The van der Waals surface area contributed by atoms with Crippen LogP contribution >= 0.6 is 0 Å². The Labute approximate surface area is 126 Å². The van der Waals surface area contributed by atoms with Crippen LogP contribution in [0.15, 0.2) is 18.2 Å².